The van der Waals surface area contributed by atoms with Crippen LogP contribution in [0.25, 0.3) is 151 Å². The van der Waals surface area contributed by atoms with Gasteiger partial charge in [0, 0.05) is 20.2 Å². The highest BCUT2D eigenvalue weighted by atomic mass is 32.1. The van der Waals surface area contributed by atoms with E-state index in [1.807, 2.05) is 11.3 Å². The van der Waals surface area contributed by atoms with Crippen molar-refractivity contribution in [3.05, 3.63) is 231 Å². The Balaban J connectivity index is 0.981. The molecule has 0 N–H and O–H groups in total. The SMILES string of the molecule is c1ccc2cc(-c3c4ccccc4c(-c4c5ccccc5c(-c5ccc6c(c5)sc5cc7c8ccccc8c8cc9ccccc9cc8c7cc56)c5ccccc45)c4ccccc34)ccc2c1. The molecule has 14 aromatic carbocycles. The number of rotatable bonds is 3. The van der Waals surface area contributed by atoms with Crippen LogP contribution in [-0.4, -0.2) is 0 Å². The molecule has 0 unspecified atom stereocenters. The van der Waals surface area contributed by atoms with Crippen LogP contribution in [0.4, 0.5) is 0 Å². The Bertz CT molecular complexity index is 4510. The Morgan fingerprint density at radius 3 is 1.03 bits per heavy atom. The van der Waals surface area contributed by atoms with E-state index in [0.29, 0.717) is 0 Å². The van der Waals surface area contributed by atoms with Crippen LogP contribution in [0.3, 0.4) is 0 Å². The van der Waals surface area contributed by atoms with Gasteiger partial charge in [-0.3, -0.25) is 0 Å². The van der Waals surface area contributed by atoms with Gasteiger partial charge in [0.25, 0.3) is 0 Å². The van der Waals surface area contributed by atoms with Crippen molar-refractivity contribution in [2.75, 3.05) is 0 Å². The van der Waals surface area contributed by atoms with E-state index in [1.54, 1.807) is 0 Å². The van der Waals surface area contributed by atoms with Crippen molar-refractivity contribution in [3.63, 3.8) is 0 Å². The van der Waals surface area contributed by atoms with Crippen molar-refractivity contribution in [2.24, 2.45) is 0 Å². The summed E-state index contributed by atoms with van der Waals surface area (Å²) in [5.41, 5.74) is 7.62. The molecule has 0 aliphatic rings. The normalized spacial score (nSPS) is 12.2. The minimum Gasteiger partial charge on any atom is -0.135 e. The lowest BCUT2D eigenvalue weighted by Gasteiger charge is -2.22. The molecule has 1 heterocycles. The number of hydrogen-bond donors (Lipinski definition) is 0. The first-order valence-electron chi connectivity index (χ1n) is 23.2. The van der Waals surface area contributed by atoms with Gasteiger partial charge in [-0.05, 0) is 167 Å². The standard InChI is InChI=1S/C66H38S/c1-2-16-40-33-43(30-29-39(40)15-1)63-48-21-7-11-25-52(48)65(53-26-12-8-22-49(53)63)66-54-27-13-9-23-50(54)64(51-24-10-14-28-55(51)66)44-31-32-47-60-37-58-57-35-42-18-4-3-17-41(42)34-56(57)45-19-5-6-20-46(45)59(58)38-62(60)67-61(47)36-44/h1-38H. The molecule has 0 radical (unpaired) electrons. The zero-order chi connectivity index (χ0) is 43.7. The largest absolute Gasteiger partial charge is 0.135 e. The molecule has 308 valence electrons. The molecule has 0 aliphatic heterocycles. The first kappa shape index (κ1) is 36.9. The van der Waals surface area contributed by atoms with Crippen LogP contribution in [0.2, 0.25) is 0 Å². The van der Waals surface area contributed by atoms with E-state index < -0.39 is 0 Å². The van der Waals surface area contributed by atoms with Crippen LogP contribution < -0.4 is 0 Å². The van der Waals surface area contributed by atoms with Gasteiger partial charge in [-0.15, -0.1) is 11.3 Å². The van der Waals surface area contributed by atoms with Gasteiger partial charge in [0.2, 0.25) is 0 Å². The van der Waals surface area contributed by atoms with Crippen LogP contribution in [0, 0.1) is 0 Å². The summed E-state index contributed by atoms with van der Waals surface area (Å²) < 4.78 is 2.63. The van der Waals surface area contributed by atoms with E-state index in [2.05, 4.69) is 231 Å². The summed E-state index contributed by atoms with van der Waals surface area (Å²) in [6, 6.07) is 86.7. The molecule has 0 aliphatic carbocycles. The summed E-state index contributed by atoms with van der Waals surface area (Å²) >= 11 is 1.92. The maximum atomic E-state index is 2.48. The first-order chi connectivity index (χ1) is 33.2. The fraction of sp³-hybridized carbons (Fsp3) is 0. The Labute approximate surface area is 390 Å². The zero-order valence-corrected chi connectivity index (χ0v) is 37.2. The second-order valence-electron chi connectivity index (χ2n) is 18.2. The highest BCUT2D eigenvalue weighted by Crippen LogP contribution is 2.51. The van der Waals surface area contributed by atoms with Crippen LogP contribution >= 0.6 is 11.3 Å². The second kappa shape index (κ2) is 14.1. The van der Waals surface area contributed by atoms with Crippen LogP contribution in [0.1, 0.15) is 0 Å². The molecule has 15 rings (SSSR count). The van der Waals surface area contributed by atoms with Gasteiger partial charge in [-0.25, -0.2) is 0 Å². The summed E-state index contributed by atoms with van der Waals surface area (Å²) in [4.78, 5) is 0. The third-order valence-corrected chi connectivity index (χ3v) is 15.9. The topological polar surface area (TPSA) is 0 Å². The zero-order valence-electron chi connectivity index (χ0n) is 36.3. The number of fused-ring (bicyclic) bond motifs is 15. The predicted molar refractivity (Wildman–Crippen MR) is 293 cm³/mol. The van der Waals surface area contributed by atoms with Gasteiger partial charge in [0.1, 0.15) is 0 Å². The smallest absolute Gasteiger partial charge is 0.0362 e. The highest BCUT2D eigenvalue weighted by Gasteiger charge is 2.23. The monoisotopic (exact) mass is 862 g/mol. The van der Waals surface area contributed by atoms with Crippen molar-refractivity contribution >= 4 is 128 Å². The average molecular weight is 863 g/mol. The lowest BCUT2D eigenvalue weighted by Crippen LogP contribution is -1.94. The predicted octanol–water partition coefficient (Wildman–Crippen LogP) is 19.4. The van der Waals surface area contributed by atoms with Gasteiger partial charge in [-0.2, -0.15) is 0 Å². The van der Waals surface area contributed by atoms with Crippen LogP contribution in [0.5, 0.6) is 0 Å². The fourth-order valence-electron chi connectivity index (χ4n) is 11.8. The minimum atomic E-state index is 1.24. The molecule has 0 bridgehead atoms. The van der Waals surface area contributed by atoms with E-state index >= 15 is 0 Å². The highest BCUT2D eigenvalue weighted by molar-refractivity contribution is 7.26. The number of hydrogen-bond acceptors (Lipinski definition) is 1. The fourth-order valence-corrected chi connectivity index (χ4v) is 13.0. The molecule has 0 fully saturated rings. The van der Waals surface area contributed by atoms with Crippen molar-refractivity contribution in [3.8, 4) is 33.4 Å². The summed E-state index contributed by atoms with van der Waals surface area (Å²) in [7, 11) is 0. The van der Waals surface area contributed by atoms with E-state index in [4.69, 9.17) is 0 Å². The van der Waals surface area contributed by atoms with E-state index in [-0.39, 0.29) is 0 Å². The summed E-state index contributed by atoms with van der Waals surface area (Å²) in [5.74, 6) is 0. The Morgan fingerprint density at radius 1 is 0.179 bits per heavy atom. The number of benzene rings is 14. The third kappa shape index (κ3) is 5.35. The molecule has 0 atom stereocenters. The molecule has 1 aromatic heterocycles. The van der Waals surface area contributed by atoms with Crippen molar-refractivity contribution < 1.29 is 0 Å². The maximum Gasteiger partial charge on any atom is 0.0362 e. The molecular formula is C66H38S. The summed E-state index contributed by atoms with van der Waals surface area (Å²) in [6.07, 6.45) is 0. The molecule has 0 amide bonds. The van der Waals surface area contributed by atoms with Crippen molar-refractivity contribution in [1.82, 2.24) is 0 Å². The number of thiophene rings is 1. The maximum absolute atomic E-state index is 2.48. The van der Waals surface area contributed by atoms with Gasteiger partial charge in [0.15, 0.2) is 0 Å². The summed E-state index contributed by atoms with van der Waals surface area (Å²) in [6.45, 7) is 0. The van der Waals surface area contributed by atoms with Gasteiger partial charge in [-0.1, -0.05) is 194 Å². The van der Waals surface area contributed by atoms with Gasteiger partial charge < -0.3 is 0 Å². The molecule has 67 heavy (non-hydrogen) atoms. The van der Waals surface area contributed by atoms with E-state index in [0.717, 1.165) is 0 Å². The van der Waals surface area contributed by atoms with E-state index in [1.165, 1.54) is 151 Å². The molecular weight excluding hydrogens is 825 g/mol. The first-order valence-corrected chi connectivity index (χ1v) is 24.1. The molecule has 0 nitrogen and oxygen atoms in total. The quantitative estimate of drug-likeness (QED) is 0.123. The molecule has 15 aromatic rings. The molecule has 0 spiro atoms. The Hall–Kier alpha value is -8.36. The lowest BCUT2D eigenvalue weighted by molar-refractivity contribution is 1.68. The van der Waals surface area contributed by atoms with Crippen molar-refractivity contribution in [1.29, 1.82) is 0 Å². The molecule has 0 saturated heterocycles. The van der Waals surface area contributed by atoms with E-state index in [9.17, 15) is 0 Å². The molecule has 1 heteroatoms. The second-order valence-corrected chi connectivity index (χ2v) is 19.3. The Morgan fingerprint density at radius 2 is 0.522 bits per heavy atom. The molecule has 0 saturated carbocycles. The van der Waals surface area contributed by atoms with Gasteiger partial charge >= 0.3 is 0 Å². The summed E-state index contributed by atoms with van der Waals surface area (Å²) in [5, 5.41) is 25.7. The van der Waals surface area contributed by atoms with Crippen LogP contribution in [0.15, 0.2) is 231 Å². The lowest BCUT2D eigenvalue weighted by atomic mass is 9.81. The van der Waals surface area contributed by atoms with Crippen molar-refractivity contribution in [2.45, 2.75) is 0 Å². The average Bonchev–Trinajstić information content (AvgIpc) is 3.75. The Kier molecular flexibility index (Phi) is 7.75. The minimum absolute atomic E-state index is 1.24. The van der Waals surface area contributed by atoms with Crippen LogP contribution in [-0.2, 0) is 0 Å². The third-order valence-electron chi connectivity index (χ3n) is 14.7. The van der Waals surface area contributed by atoms with Gasteiger partial charge in [0.05, 0.1) is 0 Å².